The van der Waals surface area contributed by atoms with Crippen molar-refractivity contribution in [2.45, 2.75) is 20.0 Å². The molecule has 0 aliphatic rings. The summed E-state index contributed by atoms with van der Waals surface area (Å²) in [5.74, 6) is -0.378. The van der Waals surface area contributed by atoms with Crippen LogP contribution in [0.3, 0.4) is 0 Å². The normalized spacial score (nSPS) is 11.5. The fraction of sp³-hybridized carbons (Fsp3) is 0.250. The largest absolute Gasteiger partial charge is 0.480 e. The Morgan fingerprint density at radius 1 is 1.47 bits per heavy atom. The van der Waals surface area contributed by atoms with Crippen molar-refractivity contribution in [1.29, 1.82) is 0 Å². The number of amides is 3. The van der Waals surface area contributed by atoms with Crippen molar-refractivity contribution in [3.8, 4) is 5.75 Å². The summed E-state index contributed by atoms with van der Waals surface area (Å²) < 4.78 is 6.14. The predicted octanol–water partition coefficient (Wildman–Crippen LogP) is 1.53. The Kier molecular flexibility index (Phi) is 5.05. The Morgan fingerprint density at radius 3 is 2.63 bits per heavy atom. The van der Waals surface area contributed by atoms with Crippen LogP contribution in [0.25, 0.3) is 0 Å². The summed E-state index contributed by atoms with van der Waals surface area (Å²) in [5.41, 5.74) is 5.84. The van der Waals surface area contributed by atoms with Gasteiger partial charge in [-0.15, -0.1) is 0 Å². The van der Waals surface area contributed by atoms with E-state index in [9.17, 15) is 14.4 Å². The average Bonchev–Trinajstić information content (AvgIpc) is 2.30. The SMILES string of the molecule is Cc1cc(Br)cc(C=O)c1OC(C)C(=O)NC(N)=O. The smallest absolute Gasteiger partial charge is 0.318 e. The molecule has 0 heterocycles. The Morgan fingerprint density at radius 2 is 2.11 bits per heavy atom. The van der Waals surface area contributed by atoms with Crippen molar-refractivity contribution in [2.24, 2.45) is 5.73 Å². The Hall–Kier alpha value is -1.89. The lowest BCUT2D eigenvalue weighted by atomic mass is 10.1. The number of aryl methyl sites for hydroxylation is 1. The third-order valence-electron chi connectivity index (χ3n) is 2.31. The molecule has 0 saturated carbocycles. The number of benzene rings is 1. The second kappa shape index (κ2) is 6.33. The first kappa shape index (κ1) is 15.2. The minimum Gasteiger partial charge on any atom is -0.480 e. The molecule has 102 valence electrons. The predicted molar refractivity (Wildman–Crippen MR) is 72.1 cm³/mol. The minimum atomic E-state index is -0.955. The zero-order chi connectivity index (χ0) is 14.6. The number of carbonyl (C=O) groups excluding carboxylic acids is 3. The van der Waals surface area contributed by atoms with Gasteiger partial charge in [-0.3, -0.25) is 14.9 Å². The second-order valence-corrected chi connectivity index (χ2v) is 4.79. The summed E-state index contributed by atoms with van der Waals surface area (Å²) in [5, 5.41) is 1.91. The number of hydrogen-bond acceptors (Lipinski definition) is 4. The van der Waals surface area contributed by atoms with E-state index in [1.165, 1.54) is 6.92 Å². The molecule has 0 aliphatic heterocycles. The molecule has 0 saturated heterocycles. The molecule has 3 N–H and O–H groups in total. The highest BCUT2D eigenvalue weighted by molar-refractivity contribution is 9.10. The number of ether oxygens (including phenoxy) is 1. The van der Waals surface area contributed by atoms with E-state index in [0.29, 0.717) is 23.2 Å². The van der Waals surface area contributed by atoms with Crippen LogP contribution in [0.4, 0.5) is 4.79 Å². The van der Waals surface area contributed by atoms with Gasteiger partial charge >= 0.3 is 6.03 Å². The van der Waals surface area contributed by atoms with E-state index in [4.69, 9.17) is 10.5 Å². The first-order valence-corrected chi connectivity index (χ1v) is 6.16. The molecule has 0 aliphatic carbocycles. The molecule has 1 rings (SSSR count). The van der Waals surface area contributed by atoms with Gasteiger partial charge in [-0.1, -0.05) is 15.9 Å². The Labute approximate surface area is 118 Å². The first-order valence-electron chi connectivity index (χ1n) is 5.37. The third-order valence-corrected chi connectivity index (χ3v) is 2.76. The van der Waals surface area contributed by atoms with Gasteiger partial charge in [0.25, 0.3) is 5.91 Å². The fourth-order valence-corrected chi connectivity index (χ4v) is 2.05. The van der Waals surface area contributed by atoms with Gasteiger partial charge in [-0.05, 0) is 31.5 Å². The minimum absolute atomic E-state index is 0.297. The number of imide groups is 1. The maximum absolute atomic E-state index is 11.5. The van der Waals surface area contributed by atoms with Crippen LogP contribution in [0.15, 0.2) is 16.6 Å². The topological polar surface area (TPSA) is 98.5 Å². The number of primary amides is 1. The van der Waals surface area contributed by atoms with Gasteiger partial charge in [0.1, 0.15) is 5.75 Å². The van der Waals surface area contributed by atoms with Crippen LogP contribution in [0, 0.1) is 6.92 Å². The van der Waals surface area contributed by atoms with E-state index < -0.39 is 18.0 Å². The number of nitrogens with two attached hydrogens (primary N) is 1. The molecule has 0 aromatic heterocycles. The molecule has 3 amide bonds. The molecule has 7 heteroatoms. The highest BCUT2D eigenvalue weighted by atomic mass is 79.9. The quantitative estimate of drug-likeness (QED) is 0.819. The van der Waals surface area contributed by atoms with Gasteiger partial charge in [0.2, 0.25) is 0 Å². The van der Waals surface area contributed by atoms with Crippen molar-refractivity contribution in [2.75, 3.05) is 0 Å². The van der Waals surface area contributed by atoms with Gasteiger partial charge in [0, 0.05) is 4.47 Å². The number of rotatable bonds is 4. The van der Waals surface area contributed by atoms with Crippen LogP contribution in [0.5, 0.6) is 5.75 Å². The number of carbonyl (C=O) groups is 3. The number of aldehydes is 1. The molecule has 0 bridgehead atoms. The van der Waals surface area contributed by atoms with Gasteiger partial charge < -0.3 is 10.5 Å². The Balaban J connectivity index is 2.96. The third kappa shape index (κ3) is 4.06. The van der Waals surface area contributed by atoms with Crippen LogP contribution >= 0.6 is 15.9 Å². The molecule has 0 fully saturated rings. The van der Waals surface area contributed by atoms with E-state index in [0.717, 1.165) is 4.47 Å². The molecule has 1 unspecified atom stereocenters. The molecule has 6 nitrogen and oxygen atoms in total. The molecule has 0 radical (unpaired) electrons. The number of nitrogens with one attached hydrogen (secondary N) is 1. The van der Waals surface area contributed by atoms with E-state index >= 15 is 0 Å². The van der Waals surface area contributed by atoms with E-state index in [1.54, 1.807) is 19.1 Å². The average molecular weight is 329 g/mol. The lowest BCUT2D eigenvalue weighted by molar-refractivity contribution is -0.126. The first-order chi connectivity index (χ1) is 8.85. The van der Waals surface area contributed by atoms with Gasteiger partial charge in [-0.25, -0.2) is 4.79 Å². The van der Waals surface area contributed by atoms with Crippen LogP contribution < -0.4 is 15.8 Å². The lowest BCUT2D eigenvalue weighted by Crippen LogP contribution is -2.42. The zero-order valence-corrected chi connectivity index (χ0v) is 12.0. The highest BCUT2D eigenvalue weighted by Crippen LogP contribution is 2.27. The van der Waals surface area contributed by atoms with Gasteiger partial charge in [-0.2, -0.15) is 0 Å². The summed E-state index contributed by atoms with van der Waals surface area (Å²) in [6.45, 7) is 3.19. The lowest BCUT2D eigenvalue weighted by Gasteiger charge is -2.17. The van der Waals surface area contributed by atoms with E-state index in [-0.39, 0.29) is 0 Å². The summed E-state index contributed by atoms with van der Waals surface area (Å²) >= 11 is 3.26. The molecule has 19 heavy (non-hydrogen) atoms. The molecule has 1 aromatic carbocycles. The number of urea groups is 1. The highest BCUT2D eigenvalue weighted by Gasteiger charge is 2.19. The zero-order valence-electron chi connectivity index (χ0n) is 10.4. The molecule has 1 aromatic rings. The van der Waals surface area contributed by atoms with Crippen molar-refractivity contribution >= 4 is 34.2 Å². The molecule has 1 atom stereocenters. The van der Waals surface area contributed by atoms with Crippen LogP contribution in [-0.4, -0.2) is 24.3 Å². The van der Waals surface area contributed by atoms with Crippen LogP contribution in [0.2, 0.25) is 0 Å². The number of halogens is 1. The second-order valence-electron chi connectivity index (χ2n) is 3.87. The summed E-state index contributed by atoms with van der Waals surface area (Å²) in [7, 11) is 0. The fourth-order valence-electron chi connectivity index (χ4n) is 1.46. The van der Waals surface area contributed by atoms with Crippen molar-refractivity contribution in [1.82, 2.24) is 5.32 Å². The van der Waals surface area contributed by atoms with Crippen LogP contribution in [-0.2, 0) is 4.79 Å². The summed E-state index contributed by atoms with van der Waals surface area (Å²) in [4.78, 5) is 33.1. The monoisotopic (exact) mass is 328 g/mol. The van der Waals surface area contributed by atoms with Gasteiger partial charge in [0.05, 0.1) is 5.56 Å². The van der Waals surface area contributed by atoms with Crippen molar-refractivity contribution < 1.29 is 19.1 Å². The maximum Gasteiger partial charge on any atom is 0.318 e. The molecular weight excluding hydrogens is 316 g/mol. The van der Waals surface area contributed by atoms with Crippen LogP contribution in [0.1, 0.15) is 22.8 Å². The van der Waals surface area contributed by atoms with Crippen molar-refractivity contribution in [3.63, 3.8) is 0 Å². The Bertz CT molecular complexity index is 531. The van der Waals surface area contributed by atoms with Gasteiger partial charge in [0.15, 0.2) is 12.4 Å². The van der Waals surface area contributed by atoms with E-state index in [2.05, 4.69) is 15.9 Å². The number of hydrogen-bond donors (Lipinski definition) is 2. The molecule has 0 spiro atoms. The van der Waals surface area contributed by atoms with E-state index in [1.807, 2.05) is 5.32 Å². The maximum atomic E-state index is 11.5. The molecular formula is C12H13BrN2O4. The summed E-state index contributed by atoms with van der Waals surface area (Å²) in [6.07, 6.45) is -0.322. The van der Waals surface area contributed by atoms with Crippen molar-refractivity contribution in [3.05, 3.63) is 27.7 Å². The standard InChI is InChI=1S/C12H13BrN2O4/c1-6-3-9(13)4-8(5-16)10(6)19-7(2)11(17)15-12(14)18/h3-5,7H,1-2H3,(H3,14,15,17,18). The summed E-state index contributed by atoms with van der Waals surface area (Å²) in [6, 6.07) is 2.37.